The Morgan fingerprint density at radius 3 is 2.94 bits per heavy atom. The number of ether oxygens (including phenoxy) is 1. The van der Waals surface area contributed by atoms with E-state index >= 15 is 0 Å². The topological polar surface area (TPSA) is 38.3 Å². The van der Waals surface area contributed by atoms with Crippen LogP contribution in [-0.2, 0) is 15.5 Å². The van der Waals surface area contributed by atoms with Crippen LogP contribution in [0.2, 0.25) is 0 Å². The van der Waals surface area contributed by atoms with E-state index in [-0.39, 0.29) is 5.41 Å². The Kier molecular flexibility index (Phi) is 4.26. The van der Waals surface area contributed by atoms with Crippen LogP contribution in [0.3, 0.4) is 0 Å². The van der Waals surface area contributed by atoms with Crippen molar-refractivity contribution in [3.8, 4) is 0 Å². The molecule has 0 aromatic heterocycles. The summed E-state index contributed by atoms with van der Waals surface area (Å²) in [7, 11) is -0.650. The van der Waals surface area contributed by atoms with E-state index < -0.39 is 10.8 Å². The van der Waals surface area contributed by atoms with E-state index in [1.807, 2.05) is 6.92 Å². The van der Waals surface area contributed by atoms with Crippen LogP contribution in [0.25, 0.3) is 0 Å². The molecule has 100 valence electrons. The van der Waals surface area contributed by atoms with Crippen molar-refractivity contribution in [1.82, 2.24) is 5.32 Å². The van der Waals surface area contributed by atoms with Gasteiger partial charge in [-0.2, -0.15) is 0 Å². The lowest BCUT2D eigenvalue weighted by molar-refractivity contribution is -0.192. The molecule has 4 heteroatoms. The lowest BCUT2D eigenvalue weighted by atomic mass is 9.55. The second-order valence-electron chi connectivity index (χ2n) is 5.78. The van der Waals surface area contributed by atoms with Gasteiger partial charge >= 0.3 is 0 Å². The van der Waals surface area contributed by atoms with Gasteiger partial charge in [-0.1, -0.05) is 20.8 Å². The van der Waals surface area contributed by atoms with Gasteiger partial charge in [0.05, 0.1) is 6.10 Å². The number of nitrogens with one attached hydrogen (secondary N) is 1. The molecule has 0 bridgehead atoms. The van der Waals surface area contributed by atoms with E-state index in [0.717, 1.165) is 24.7 Å². The second kappa shape index (κ2) is 5.37. The van der Waals surface area contributed by atoms with Gasteiger partial charge in [-0.25, -0.2) is 0 Å². The largest absolute Gasteiger partial charge is 0.377 e. The Morgan fingerprint density at radius 2 is 2.24 bits per heavy atom. The quantitative estimate of drug-likeness (QED) is 0.814. The molecule has 3 nitrogen and oxygen atoms in total. The fourth-order valence-electron chi connectivity index (χ4n) is 3.41. The number of hydrogen-bond acceptors (Lipinski definition) is 3. The minimum absolute atomic E-state index is 0.235. The van der Waals surface area contributed by atoms with Crippen LogP contribution in [0.15, 0.2) is 0 Å². The zero-order valence-electron chi connectivity index (χ0n) is 11.2. The maximum atomic E-state index is 11.4. The maximum Gasteiger partial charge on any atom is 0.0684 e. The summed E-state index contributed by atoms with van der Waals surface area (Å²) in [4.78, 5) is 0. The van der Waals surface area contributed by atoms with E-state index in [1.165, 1.54) is 12.8 Å². The van der Waals surface area contributed by atoms with E-state index in [2.05, 4.69) is 19.2 Å². The standard InChI is InChI=1S/C13H25NO2S/c1-4-17(15)9-7-14-11-10-6-5-8-16-12(10)13(11,2)3/h10-12,14H,4-9H2,1-3H3. The highest BCUT2D eigenvalue weighted by Gasteiger charge is 2.57. The van der Waals surface area contributed by atoms with Crippen LogP contribution in [0, 0.1) is 11.3 Å². The summed E-state index contributed by atoms with van der Waals surface area (Å²) in [5.41, 5.74) is 0.235. The second-order valence-corrected chi connectivity index (χ2v) is 7.65. The summed E-state index contributed by atoms with van der Waals surface area (Å²) in [5.74, 6) is 2.22. The molecule has 0 aromatic rings. The highest BCUT2D eigenvalue weighted by atomic mass is 32.2. The molecular formula is C13H25NO2S. The summed E-state index contributed by atoms with van der Waals surface area (Å²) >= 11 is 0. The zero-order valence-corrected chi connectivity index (χ0v) is 12.0. The minimum Gasteiger partial charge on any atom is -0.377 e. The van der Waals surface area contributed by atoms with E-state index in [1.54, 1.807) is 0 Å². The molecule has 2 fully saturated rings. The zero-order chi connectivity index (χ0) is 12.5. The highest BCUT2D eigenvalue weighted by Crippen LogP contribution is 2.51. The van der Waals surface area contributed by atoms with Crippen LogP contribution in [0.4, 0.5) is 0 Å². The Hall–Kier alpha value is 0.0700. The first kappa shape index (κ1) is 13.5. The molecule has 1 N–H and O–H groups in total. The Morgan fingerprint density at radius 1 is 1.47 bits per heavy atom. The van der Waals surface area contributed by atoms with Crippen LogP contribution < -0.4 is 5.32 Å². The fraction of sp³-hybridized carbons (Fsp3) is 1.00. The predicted molar refractivity (Wildman–Crippen MR) is 71.6 cm³/mol. The van der Waals surface area contributed by atoms with E-state index in [0.29, 0.717) is 18.1 Å². The van der Waals surface area contributed by atoms with Crippen molar-refractivity contribution >= 4 is 10.8 Å². The number of rotatable bonds is 5. The molecule has 1 saturated carbocycles. The molecular weight excluding hydrogens is 234 g/mol. The fourth-order valence-corrected chi connectivity index (χ4v) is 4.04. The summed E-state index contributed by atoms with van der Waals surface area (Å²) in [5, 5.41) is 3.60. The Bertz CT molecular complexity index is 293. The van der Waals surface area contributed by atoms with Crippen LogP contribution >= 0.6 is 0 Å². The average molecular weight is 259 g/mol. The SMILES string of the molecule is CCS(=O)CCNC1C2CCCOC2C1(C)C. The van der Waals surface area contributed by atoms with Gasteiger partial charge in [0.25, 0.3) is 0 Å². The first-order chi connectivity index (χ1) is 8.07. The van der Waals surface area contributed by atoms with Crippen molar-refractivity contribution in [2.75, 3.05) is 24.7 Å². The molecule has 0 radical (unpaired) electrons. The maximum absolute atomic E-state index is 11.4. The van der Waals surface area contributed by atoms with Crippen molar-refractivity contribution in [1.29, 1.82) is 0 Å². The average Bonchev–Trinajstić information content (AvgIpc) is 2.34. The molecule has 2 aliphatic rings. The third kappa shape index (κ3) is 2.59. The van der Waals surface area contributed by atoms with Gasteiger partial charge in [-0.3, -0.25) is 4.21 Å². The van der Waals surface area contributed by atoms with Gasteiger partial charge in [-0.05, 0) is 12.8 Å². The smallest absolute Gasteiger partial charge is 0.0684 e. The summed E-state index contributed by atoms with van der Waals surface area (Å²) in [6, 6.07) is 0.543. The van der Waals surface area contributed by atoms with Gasteiger partial charge < -0.3 is 10.1 Å². The molecule has 4 unspecified atom stereocenters. The molecule has 2 rings (SSSR count). The highest BCUT2D eigenvalue weighted by molar-refractivity contribution is 7.84. The van der Waals surface area contributed by atoms with Crippen molar-refractivity contribution in [3.05, 3.63) is 0 Å². The Labute approximate surface area is 107 Å². The van der Waals surface area contributed by atoms with Gasteiger partial charge in [0.15, 0.2) is 0 Å². The van der Waals surface area contributed by atoms with Gasteiger partial charge in [-0.15, -0.1) is 0 Å². The Balaban J connectivity index is 1.82. The number of hydrogen-bond donors (Lipinski definition) is 1. The summed E-state index contributed by atoms with van der Waals surface area (Å²) in [6.07, 6.45) is 2.91. The molecule has 0 aromatic carbocycles. The molecule has 0 amide bonds. The molecule has 1 saturated heterocycles. The minimum atomic E-state index is -0.650. The van der Waals surface area contributed by atoms with E-state index in [4.69, 9.17) is 4.74 Å². The first-order valence-electron chi connectivity index (χ1n) is 6.77. The molecule has 4 atom stereocenters. The first-order valence-corrected chi connectivity index (χ1v) is 8.26. The van der Waals surface area contributed by atoms with Crippen LogP contribution in [0.1, 0.15) is 33.6 Å². The predicted octanol–water partition coefficient (Wildman–Crippen LogP) is 1.55. The molecule has 1 heterocycles. The van der Waals surface area contributed by atoms with Crippen molar-refractivity contribution in [3.63, 3.8) is 0 Å². The van der Waals surface area contributed by atoms with E-state index in [9.17, 15) is 4.21 Å². The molecule has 0 spiro atoms. The van der Waals surface area contributed by atoms with Crippen LogP contribution in [-0.4, -0.2) is 41.0 Å². The lowest BCUT2D eigenvalue weighted by Gasteiger charge is -2.60. The number of fused-ring (bicyclic) bond motifs is 1. The van der Waals surface area contributed by atoms with Gasteiger partial charge in [0.1, 0.15) is 0 Å². The van der Waals surface area contributed by atoms with Crippen molar-refractivity contribution < 1.29 is 8.95 Å². The van der Waals surface area contributed by atoms with Gasteiger partial charge in [0.2, 0.25) is 0 Å². The molecule has 1 aliphatic carbocycles. The molecule has 1 aliphatic heterocycles. The summed E-state index contributed by atoms with van der Waals surface area (Å²) < 4.78 is 17.3. The van der Waals surface area contributed by atoms with Crippen molar-refractivity contribution in [2.24, 2.45) is 11.3 Å². The third-order valence-corrected chi connectivity index (χ3v) is 5.65. The van der Waals surface area contributed by atoms with Crippen LogP contribution in [0.5, 0.6) is 0 Å². The normalized spacial score (nSPS) is 37.0. The molecule has 17 heavy (non-hydrogen) atoms. The monoisotopic (exact) mass is 259 g/mol. The van der Waals surface area contributed by atoms with Gasteiger partial charge in [0, 0.05) is 52.8 Å². The van der Waals surface area contributed by atoms with Crippen molar-refractivity contribution in [2.45, 2.75) is 45.8 Å². The third-order valence-electron chi connectivity index (χ3n) is 4.35. The lowest BCUT2D eigenvalue weighted by Crippen LogP contribution is -2.69. The summed E-state index contributed by atoms with van der Waals surface area (Å²) in [6.45, 7) is 8.35.